The van der Waals surface area contributed by atoms with E-state index < -0.39 is 11.5 Å². The summed E-state index contributed by atoms with van der Waals surface area (Å²) >= 11 is 0. The predicted molar refractivity (Wildman–Crippen MR) is 68.8 cm³/mol. The van der Waals surface area contributed by atoms with Gasteiger partial charge in [0.1, 0.15) is 5.75 Å². The van der Waals surface area contributed by atoms with Crippen LogP contribution in [0.2, 0.25) is 0 Å². The maximum atomic E-state index is 11.2. The maximum Gasteiger partial charge on any atom is 0.305 e. The molecule has 1 heterocycles. The second kappa shape index (κ2) is 5.40. The molecule has 18 heavy (non-hydrogen) atoms. The van der Waals surface area contributed by atoms with E-state index in [1.807, 2.05) is 24.3 Å². The highest BCUT2D eigenvalue weighted by molar-refractivity contribution is 5.69. The Morgan fingerprint density at radius 2 is 2.22 bits per heavy atom. The second-order valence-corrected chi connectivity index (χ2v) is 4.74. The molecular weight excluding hydrogens is 230 g/mol. The van der Waals surface area contributed by atoms with Gasteiger partial charge in [-0.3, -0.25) is 4.79 Å². The van der Waals surface area contributed by atoms with Crippen LogP contribution in [0.5, 0.6) is 5.75 Å². The zero-order valence-corrected chi connectivity index (χ0v) is 10.6. The van der Waals surface area contributed by atoms with Gasteiger partial charge in [-0.2, -0.15) is 0 Å². The number of aliphatic carboxylic acids is 1. The van der Waals surface area contributed by atoms with Gasteiger partial charge in [-0.1, -0.05) is 18.2 Å². The smallest absolute Gasteiger partial charge is 0.305 e. The molecule has 1 aliphatic heterocycles. The molecule has 2 N–H and O–H groups in total. The van der Waals surface area contributed by atoms with Crippen molar-refractivity contribution in [3.05, 3.63) is 29.8 Å². The molecule has 1 aliphatic rings. The number of carboxylic acid groups (broad SMARTS) is 1. The van der Waals surface area contributed by atoms with Gasteiger partial charge >= 0.3 is 5.97 Å². The first-order valence-corrected chi connectivity index (χ1v) is 6.28. The van der Waals surface area contributed by atoms with Crippen LogP contribution < -0.4 is 10.1 Å². The first kappa shape index (κ1) is 12.9. The van der Waals surface area contributed by atoms with E-state index in [1.165, 1.54) is 0 Å². The van der Waals surface area contributed by atoms with Crippen molar-refractivity contribution in [1.82, 2.24) is 5.32 Å². The maximum absolute atomic E-state index is 11.2. The Morgan fingerprint density at radius 3 is 2.83 bits per heavy atom. The third-order valence-electron chi connectivity index (χ3n) is 3.57. The van der Waals surface area contributed by atoms with Crippen LogP contribution in [0.25, 0.3) is 0 Å². The Labute approximate surface area is 107 Å². The zero-order valence-electron chi connectivity index (χ0n) is 10.6. The predicted octanol–water partition coefficient (Wildman–Crippen LogP) is 2.14. The summed E-state index contributed by atoms with van der Waals surface area (Å²) in [5.41, 5.74) is 0.464. The van der Waals surface area contributed by atoms with Crippen LogP contribution in [0.1, 0.15) is 31.2 Å². The van der Waals surface area contributed by atoms with Gasteiger partial charge in [-0.25, -0.2) is 0 Å². The third-order valence-corrected chi connectivity index (χ3v) is 3.57. The van der Waals surface area contributed by atoms with Gasteiger partial charge in [0.25, 0.3) is 0 Å². The van der Waals surface area contributed by atoms with E-state index in [0.29, 0.717) is 0 Å². The summed E-state index contributed by atoms with van der Waals surface area (Å²) < 4.78 is 5.37. The van der Waals surface area contributed by atoms with Crippen molar-refractivity contribution >= 4 is 5.97 Å². The summed E-state index contributed by atoms with van der Waals surface area (Å²) in [6.45, 7) is 0.853. The Hall–Kier alpha value is -1.55. The van der Waals surface area contributed by atoms with Gasteiger partial charge in [0.2, 0.25) is 0 Å². The van der Waals surface area contributed by atoms with Crippen LogP contribution in [-0.4, -0.2) is 24.7 Å². The van der Waals surface area contributed by atoms with Gasteiger partial charge < -0.3 is 15.2 Å². The fourth-order valence-electron chi connectivity index (χ4n) is 2.74. The SMILES string of the molecule is COc1ccccc1C1(CC(=O)O)CCCCN1. The molecule has 0 aliphatic carbocycles. The number of hydrogen-bond donors (Lipinski definition) is 2. The Balaban J connectivity index is 2.41. The lowest BCUT2D eigenvalue weighted by Gasteiger charge is -2.38. The van der Waals surface area contributed by atoms with Crippen molar-refractivity contribution in [2.24, 2.45) is 0 Å². The highest BCUT2D eigenvalue weighted by Crippen LogP contribution is 2.38. The summed E-state index contributed by atoms with van der Waals surface area (Å²) in [7, 11) is 1.62. The topological polar surface area (TPSA) is 58.6 Å². The summed E-state index contributed by atoms with van der Waals surface area (Å²) in [6.07, 6.45) is 3.06. The van der Waals surface area contributed by atoms with E-state index in [1.54, 1.807) is 7.11 Å². The minimum atomic E-state index is -0.782. The molecule has 1 saturated heterocycles. The third kappa shape index (κ3) is 2.48. The summed E-state index contributed by atoms with van der Waals surface area (Å²) in [4.78, 5) is 11.2. The van der Waals surface area contributed by atoms with E-state index in [0.717, 1.165) is 37.1 Å². The number of benzene rings is 1. The molecule has 0 aromatic heterocycles. The van der Waals surface area contributed by atoms with Crippen LogP contribution in [-0.2, 0) is 10.3 Å². The van der Waals surface area contributed by atoms with Crippen molar-refractivity contribution in [3.8, 4) is 5.75 Å². The molecule has 1 atom stereocenters. The minimum absolute atomic E-state index is 0.0906. The molecule has 0 amide bonds. The minimum Gasteiger partial charge on any atom is -0.496 e. The lowest BCUT2D eigenvalue weighted by Crippen LogP contribution is -2.47. The molecule has 0 saturated carbocycles. The average molecular weight is 249 g/mol. The molecule has 1 unspecified atom stereocenters. The lowest BCUT2D eigenvalue weighted by atomic mass is 9.79. The van der Waals surface area contributed by atoms with Gasteiger partial charge in [-0.05, 0) is 31.9 Å². The molecule has 0 spiro atoms. The molecule has 1 fully saturated rings. The number of carbonyl (C=O) groups is 1. The first-order valence-electron chi connectivity index (χ1n) is 6.28. The van der Waals surface area contributed by atoms with Crippen LogP contribution in [0.4, 0.5) is 0 Å². The largest absolute Gasteiger partial charge is 0.496 e. The molecule has 1 aromatic rings. The van der Waals surface area contributed by atoms with E-state index in [-0.39, 0.29) is 6.42 Å². The van der Waals surface area contributed by atoms with Gasteiger partial charge in [-0.15, -0.1) is 0 Å². The molecule has 1 aromatic carbocycles. The van der Waals surface area contributed by atoms with Crippen molar-refractivity contribution < 1.29 is 14.6 Å². The van der Waals surface area contributed by atoms with Gasteiger partial charge in [0.15, 0.2) is 0 Å². The number of nitrogens with one attached hydrogen (secondary N) is 1. The number of ether oxygens (including phenoxy) is 1. The van der Waals surface area contributed by atoms with Crippen molar-refractivity contribution in [2.45, 2.75) is 31.2 Å². The van der Waals surface area contributed by atoms with Crippen LogP contribution in [0.3, 0.4) is 0 Å². The molecule has 0 bridgehead atoms. The number of piperidine rings is 1. The fraction of sp³-hybridized carbons (Fsp3) is 0.500. The summed E-state index contributed by atoms with van der Waals surface area (Å²) in [6, 6.07) is 7.67. The van der Waals surface area contributed by atoms with E-state index in [4.69, 9.17) is 4.74 Å². The Kier molecular flexibility index (Phi) is 3.87. The molecule has 4 heteroatoms. The van der Waals surface area contributed by atoms with E-state index >= 15 is 0 Å². The highest BCUT2D eigenvalue weighted by atomic mass is 16.5. The standard InChI is InChI=1S/C14H19NO3/c1-18-12-7-3-2-6-11(12)14(10-13(16)17)8-4-5-9-15-14/h2-3,6-7,15H,4-5,8-10H2,1H3,(H,16,17). The van der Waals surface area contributed by atoms with Crippen LogP contribution in [0.15, 0.2) is 24.3 Å². The molecule has 98 valence electrons. The molecule has 2 rings (SSSR count). The second-order valence-electron chi connectivity index (χ2n) is 4.74. The highest BCUT2D eigenvalue weighted by Gasteiger charge is 2.37. The number of carboxylic acids is 1. The van der Waals surface area contributed by atoms with Crippen LogP contribution in [0, 0.1) is 0 Å². The summed E-state index contributed by atoms with van der Waals surface area (Å²) in [5, 5.41) is 12.6. The van der Waals surface area contributed by atoms with Crippen LogP contribution >= 0.6 is 0 Å². The monoisotopic (exact) mass is 249 g/mol. The first-order chi connectivity index (χ1) is 8.68. The van der Waals surface area contributed by atoms with E-state index in [2.05, 4.69) is 5.32 Å². The fourth-order valence-corrected chi connectivity index (χ4v) is 2.74. The number of para-hydroxylation sites is 1. The molecule has 4 nitrogen and oxygen atoms in total. The average Bonchev–Trinajstić information content (AvgIpc) is 2.39. The quantitative estimate of drug-likeness (QED) is 0.858. The molecule has 0 radical (unpaired) electrons. The van der Waals surface area contributed by atoms with E-state index in [9.17, 15) is 9.90 Å². The van der Waals surface area contributed by atoms with Gasteiger partial charge in [0, 0.05) is 5.56 Å². The van der Waals surface area contributed by atoms with Crippen molar-refractivity contribution in [2.75, 3.05) is 13.7 Å². The normalized spacial score (nSPS) is 23.6. The number of hydrogen-bond acceptors (Lipinski definition) is 3. The van der Waals surface area contributed by atoms with Crippen molar-refractivity contribution in [3.63, 3.8) is 0 Å². The number of methoxy groups -OCH3 is 1. The Morgan fingerprint density at radius 1 is 1.44 bits per heavy atom. The molecular formula is C14H19NO3. The van der Waals surface area contributed by atoms with Gasteiger partial charge in [0.05, 0.1) is 19.1 Å². The summed E-state index contributed by atoms with van der Waals surface area (Å²) in [5.74, 6) is -0.0246. The zero-order chi connectivity index (χ0) is 13.0. The number of rotatable bonds is 4. The lowest BCUT2D eigenvalue weighted by molar-refractivity contribution is -0.139. The van der Waals surface area contributed by atoms with Crippen molar-refractivity contribution in [1.29, 1.82) is 0 Å². The Bertz CT molecular complexity index is 425.